The van der Waals surface area contributed by atoms with E-state index in [1.165, 1.54) is 0 Å². The number of esters is 1. The Bertz CT molecular complexity index is 1190. The molecule has 6 nitrogen and oxygen atoms in total. The lowest BCUT2D eigenvalue weighted by molar-refractivity contribution is 0.0519. The number of benzene rings is 2. The van der Waals surface area contributed by atoms with Crippen LogP contribution in [0.5, 0.6) is 5.75 Å². The molecule has 0 spiro atoms. The molecule has 0 saturated heterocycles. The zero-order valence-electron chi connectivity index (χ0n) is 16.4. The van der Waals surface area contributed by atoms with Crippen molar-refractivity contribution in [1.29, 1.82) is 0 Å². The van der Waals surface area contributed by atoms with E-state index in [2.05, 4.69) is 20.9 Å². The maximum atomic E-state index is 12.1. The van der Waals surface area contributed by atoms with Crippen LogP contribution in [-0.2, 0) is 11.3 Å². The molecule has 7 heteroatoms. The first-order valence-electron chi connectivity index (χ1n) is 9.67. The molecule has 30 heavy (non-hydrogen) atoms. The summed E-state index contributed by atoms with van der Waals surface area (Å²) in [6, 6.07) is 17.1. The molecular formula is C23H21BrN2O4. The molecule has 0 bridgehead atoms. The van der Waals surface area contributed by atoms with Crippen molar-refractivity contribution in [3.8, 4) is 5.75 Å². The van der Waals surface area contributed by atoms with Gasteiger partial charge >= 0.3 is 5.97 Å². The van der Waals surface area contributed by atoms with Crippen molar-refractivity contribution in [2.45, 2.75) is 19.6 Å². The van der Waals surface area contributed by atoms with Crippen LogP contribution in [0.3, 0.4) is 0 Å². The number of pyridine rings is 1. The lowest BCUT2D eigenvalue weighted by Gasteiger charge is -2.15. The highest BCUT2D eigenvalue weighted by molar-refractivity contribution is 9.10. The summed E-state index contributed by atoms with van der Waals surface area (Å²) in [7, 11) is 0. The Morgan fingerprint density at radius 3 is 2.67 bits per heavy atom. The molecule has 1 atom stereocenters. The fraction of sp³-hybridized carbons (Fsp3) is 0.217. The van der Waals surface area contributed by atoms with E-state index in [1.54, 1.807) is 19.2 Å². The minimum Gasteiger partial charge on any atom is -0.491 e. The van der Waals surface area contributed by atoms with Crippen molar-refractivity contribution in [3.63, 3.8) is 0 Å². The third-order valence-electron chi connectivity index (χ3n) is 4.78. The maximum absolute atomic E-state index is 12.1. The van der Waals surface area contributed by atoms with Gasteiger partial charge in [0.15, 0.2) is 0 Å². The van der Waals surface area contributed by atoms with Crippen LogP contribution >= 0.6 is 15.9 Å². The molecular weight excluding hydrogens is 448 g/mol. The second kappa shape index (κ2) is 8.85. The van der Waals surface area contributed by atoms with Gasteiger partial charge in [-0.1, -0.05) is 34.1 Å². The molecule has 0 saturated carbocycles. The Hall–Kier alpha value is -2.90. The average molecular weight is 469 g/mol. The summed E-state index contributed by atoms with van der Waals surface area (Å²) in [4.78, 5) is 16.4. The standard InChI is InChI=1S/C23H21BrN2O4/c1-2-29-23(28)20-11-19-18-10-15(24)8-9-21(18)26(22(19)12-25-20)13-16(27)14-30-17-6-4-3-5-7-17/h3-12,16,27H,2,13-14H2,1H3. The highest BCUT2D eigenvalue weighted by atomic mass is 79.9. The predicted octanol–water partition coefficient (Wildman–Crippen LogP) is 4.57. The van der Waals surface area contributed by atoms with Crippen LogP contribution in [-0.4, -0.2) is 39.9 Å². The highest BCUT2D eigenvalue weighted by Crippen LogP contribution is 2.31. The summed E-state index contributed by atoms with van der Waals surface area (Å²) in [5.41, 5.74) is 2.03. The maximum Gasteiger partial charge on any atom is 0.356 e. The Kier molecular flexibility index (Phi) is 6.01. The van der Waals surface area contributed by atoms with Gasteiger partial charge in [0.05, 0.1) is 24.9 Å². The number of aliphatic hydroxyl groups is 1. The van der Waals surface area contributed by atoms with Crippen LogP contribution in [0.2, 0.25) is 0 Å². The molecule has 2 aromatic carbocycles. The van der Waals surface area contributed by atoms with E-state index in [1.807, 2.05) is 53.1 Å². The third-order valence-corrected chi connectivity index (χ3v) is 5.27. The van der Waals surface area contributed by atoms with Gasteiger partial charge in [-0.15, -0.1) is 0 Å². The predicted molar refractivity (Wildman–Crippen MR) is 119 cm³/mol. The number of aromatic nitrogens is 2. The van der Waals surface area contributed by atoms with Gasteiger partial charge in [-0.05, 0) is 43.3 Å². The van der Waals surface area contributed by atoms with E-state index >= 15 is 0 Å². The van der Waals surface area contributed by atoms with Gasteiger partial charge in [0.2, 0.25) is 0 Å². The minimum atomic E-state index is -0.725. The fourth-order valence-corrected chi connectivity index (χ4v) is 3.82. The van der Waals surface area contributed by atoms with Gasteiger partial charge in [0.1, 0.15) is 24.2 Å². The SMILES string of the molecule is CCOC(=O)c1cc2c3cc(Br)ccc3n(CC(O)COc3ccccc3)c2cn1. The number of carbonyl (C=O) groups excluding carboxylic acids is 1. The lowest BCUT2D eigenvalue weighted by Crippen LogP contribution is -2.23. The summed E-state index contributed by atoms with van der Waals surface area (Å²) in [5, 5.41) is 12.5. The minimum absolute atomic E-state index is 0.163. The van der Waals surface area contributed by atoms with Crippen LogP contribution in [0.25, 0.3) is 21.8 Å². The summed E-state index contributed by atoms with van der Waals surface area (Å²) in [6.07, 6.45) is 0.928. The van der Waals surface area contributed by atoms with E-state index in [-0.39, 0.29) is 12.3 Å². The zero-order valence-corrected chi connectivity index (χ0v) is 18.0. The van der Waals surface area contributed by atoms with Crippen LogP contribution in [0.15, 0.2) is 65.3 Å². The molecule has 1 N–H and O–H groups in total. The number of fused-ring (bicyclic) bond motifs is 3. The average Bonchev–Trinajstić information content (AvgIpc) is 3.05. The van der Waals surface area contributed by atoms with Crippen LogP contribution < -0.4 is 4.74 Å². The van der Waals surface area contributed by atoms with Crippen molar-refractivity contribution < 1.29 is 19.4 Å². The summed E-state index contributed by atoms with van der Waals surface area (Å²) in [5.74, 6) is 0.259. The first kappa shape index (κ1) is 20.4. The van der Waals surface area contributed by atoms with Gasteiger partial charge in [-0.3, -0.25) is 0 Å². The molecule has 154 valence electrons. The highest BCUT2D eigenvalue weighted by Gasteiger charge is 2.18. The molecule has 2 heterocycles. The number of carbonyl (C=O) groups is 1. The molecule has 4 aromatic rings. The van der Waals surface area contributed by atoms with E-state index in [9.17, 15) is 9.90 Å². The van der Waals surface area contributed by atoms with Gasteiger partial charge < -0.3 is 19.1 Å². The van der Waals surface area contributed by atoms with Gasteiger partial charge in [0, 0.05) is 20.8 Å². The molecule has 0 fully saturated rings. The molecule has 0 aliphatic carbocycles. The first-order chi connectivity index (χ1) is 14.6. The van der Waals surface area contributed by atoms with Gasteiger partial charge in [0.25, 0.3) is 0 Å². The fourth-order valence-electron chi connectivity index (χ4n) is 3.45. The number of hydrogen-bond donors (Lipinski definition) is 1. The smallest absolute Gasteiger partial charge is 0.356 e. The van der Waals surface area contributed by atoms with Crippen LogP contribution in [0.1, 0.15) is 17.4 Å². The summed E-state index contributed by atoms with van der Waals surface area (Å²) < 4.78 is 13.7. The van der Waals surface area contributed by atoms with Crippen molar-refractivity contribution >= 4 is 43.7 Å². The number of rotatable bonds is 7. The summed E-state index contributed by atoms with van der Waals surface area (Å²) >= 11 is 3.52. The van der Waals surface area contributed by atoms with E-state index in [4.69, 9.17) is 9.47 Å². The normalized spacial score (nSPS) is 12.2. The Morgan fingerprint density at radius 2 is 1.90 bits per heavy atom. The second-order valence-corrected chi connectivity index (χ2v) is 7.77. The number of aliphatic hydroxyl groups excluding tert-OH is 1. The Balaban J connectivity index is 1.68. The second-order valence-electron chi connectivity index (χ2n) is 6.86. The Labute approximate surface area is 182 Å². The van der Waals surface area contributed by atoms with Crippen LogP contribution in [0, 0.1) is 0 Å². The van der Waals surface area contributed by atoms with Crippen LogP contribution in [0.4, 0.5) is 0 Å². The van der Waals surface area contributed by atoms with Crippen molar-refractivity contribution in [1.82, 2.24) is 9.55 Å². The van der Waals surface area contributed by atoms with E-state index < -0.39 is 12.1 Å². The number of nitrogens with zero attached hydrogens (tertiary/aromatic N) is 2. The van der Waals surface area contributed by atoms with Crippen molar-refractivity contribution in [2.24, 2.45) is 0 Å². The zero-order chi connectivity index (χ0) is 21.1. The molecule has 0 aliphatic rings. The molecule has 4 rings (SSSR count). The first-order valence-corrected chi connectivity index (χ1v) is 10.5. The van der Waals surface area contributed by atoms with Gasteiger partial charge in [-0.2, -0.15) is 0 Å². The number of ether oxygens (including phenoxy) is 2. The number of para-hydroxylation sites is 1. The largest absolute Gasteiger partial charge is 0.491 e. The van der Waals surface area contributed by atoms with E-state index in [0.29, 0.717) is 18.9 Å². The third kappa shape index (κ3) is 4.17. The van der Waals surface area contributed by atoms with Crippen molar-refractivity contribution in [2.75, 3.05) is 13.2 Å². The monoisotopic (exact) mass is 468 g/mol. The van der Waals surface area contributed by atoms with Gasteiger partial charge in [-0.25, -0.2) is 9.78 Å². The summed E-state index contributed by atoms with van der Waals surface area (Å²) in [6.45, 7) is 2.54. The molecule has 0 amide bonds. The molecule has 2 aromatic heterocycles. The number of halogens is 1. The van der Waals surface area contributed by atoms with Crippen molar-refractivity contribution in [3.05, 3.63) is 71.0 Å². The lowest BCUT2D eigenvalue weighted by atomic mass is 10.1. The topological polar surface area (TPSA) is 73.6 Å². The molecule has 1 unspecified atom stereocenters. The van der Waals surface area contributed by atoms with E-state index in [0.717, 1.165) is 26.3 Å². The number of hydrogen-bond acceptors (Lipinski definition) is 5. The molecule has 0 radical (unpaired) electrons. The quantitative estimate of drug-likeness (QED) is 0.402. The Morgan fingerprint density at radius 1 is 1.13 bits per heavy atom. The molecule has 0 aliphatic heterocycles.